The molecule has 1 amide bonds. The summed E-state index contributed by atoms with van der Waals surface area (Å²) in [4.78, 5) is 11.6. The van der Waals surface area contributed by atoms with Gasteiger partial charge >= 0.3 is 0 Å². The van der Waals surface area contributed by atoms with Crippen molar-refractivity contribution in [1.29, 1.82) is 0 Å². The number of hydrogen-bond donors (Lipinski definition) is 2. The van der Waals surface area contributed by atoms with Gasteiger partial charge in [-0.1, -0.05) is 0 Å². The van der Waals surface area contributed by atoms with Gasteiger partial charge in [0.1, 0.15) is 6.61 Å². The van der Waals surface area contributed by atoms with Gasteiger partial charge in [-0.05, 0) is 34.1 Å². The van der Waals surface area contributed by atoms with Crippen molar-refractivity contribution < 1.29 is 18.3 Å². The lowest BCUT2D eigenvalue weighted by Crippen LogP contribution is -2.27. The summed E-state index contributed by atoms with van der Waals surface area (Å²) in [7, 11) is 0. The van der Waals surface area contributed by atoms with Crippen LogP contribution in [-0.2, 0) is 4.74 Å². The summed E-state index contributed by atoms with van der Waals surface area (Å²) in [6, 6.07) is 4.77. The summed E-state index contributed by atoms with van der Waals surface area (Å²) in [5.41, 5.74) is 6.56. The normalized spacial score (nSPS) is 10.7. The molecule has 0 heterocycles. The van der Waals surface area contributed by atoms with Gasteiger partial charge in [0.25, 0.3) is 12.3 Å². The van der Waals surface area contributed by atoms with Gasteiger partial charge in [0, 0.05) is 22.3 Å². The number of halogens is 3. The molecule has 1 aromatic rings. The van der Waals surface area contributed by atoms with E-state index in [0.717, 1.165) is 0 Å². The Morgan fingerprint density at radius 1 is 1.50 bits per heavy atom. The molecule has 0 atom stereocenters. The van der Waals surface area contributed by atoms with Crippen molar-refractivity contribution in [2.45, 2.75) is 6.43 Å². The number of nitrogens with two attached hydrogens (primary N) is 1. The van der Waals surface area contributed by atoms with Crippen LogP contribution in [0.5, 0.6) is 0 Å². The third kappa shape index (κ3) is 4.97. The van der Waals surface area contributed by atoms with Gasteiger partial charge < -0.3 is 15.8 Å². The summed E-state index contributed by atoms with van der Waals surface area (Å²) >= 11 is 3.21. The molecule has 7 heteroatoms. The number of carbonyl (C=O) groups is 1. The molecule has 0 unspecified atom stereocenters. The predicted octanol–water partition coefficient (Wildman–Crippen LogP) is 2.04. The zero-order chi connectivity index (χ0) is 13.5. The highest BCUT2D eigenvalue weighted by molar-refractivity contribution is 9.10. The summed E-state index contributed by atoms with van der Waals surface area (Å²) in [5.74, 6) is -0.309. The van der Waals surface area contributed by atoms with Gasteiger partial charge in [0.15, 0.2) is 0 Å². The fourth-order valence-electron chi connectivity index (χ4n) is 1.18. The zero-order valence-electron chi connectivity index (χ0n) is 9.46. The van der Waals surface area contributed by atoms with Gasteiger partial charge in [-0.25, -0.2) is 8.78 Å². The minimum Gasteiger partial charge on any atom is -0.398 e. The molecule has 0 bridgehead atoms. The second kappa shape index (κ2) is 7.27. The Labute approximate surface area is 112 Å². The smallest absolute Gasteiger partial charge is 0.261 e. The van der Waals surface area contributed by atoms with Gasteiger partial charge in [-0.2, -0.15) is 0 Å². The van der Waals surface area contributed by atoms with Crippen LogP contribution < -0.4 is 11.1 Å². The number of rotatable bonds is 6. The lowest BCUT2D eigenvalue weighted by Gasteiger charge is -2.07. The molecule has 0 aliphatic rings. The maximum Gasteiger partial charge on any atom is 0.261 e. The minimum atomic E-state index is -2.49. The fourth-order valence-corrected chi connectivity index (χ4v) is 1.56. The number of hydrogen-bond acceptors (Lipinski definition) is 3. The number of alkyl halides is 2. The van der Waals surface area contributed by atoms with Crippen LogP contribution >= 0.6 is 15.9 Å². The monoisotopic (exact) mass is 322 g/mol. The maximum atomic E-state index is 11.7. The van der Waals surface area contributed by atoms with E-state index in [2.05, 4.69) is 26.0 Å². The molecule has 0 radical (unpaired) electrons. The number of nitrogens with one attached hydrogen (secondary N) is 1. The molecule has 1 rings (SSSR count). The molecule has 0 aliphatic carbocycles. The highest BCUT2D eigenvalue weighted by atomic mass is 79.9. The molecule has 0 aliphatic heterocycles. The summed E-state index contributed by atoms with van der Waals surface area (Å²) in [5, 5.41) is 2.55. The Balaban J connectivity index is 2.34. The topological polar surface area (TPSA) is 64.4 Å². The second-order valence-corrected chi connectivity index (χ2v) is 4.31. The molecule has 0 spiro atoms. The molecule has 1 aromatic carbocycles. The molecule has 3 N–H and O–H groups in total. The average molecular weight is 323 g/mol. The van der Waals surface area contributed by atoms with Gasteiger partial charge in [-0.3, -0.25) is 4.79 Å². The van der Waals surface area contributed by atoms with Crippen molar-refractivity contribution in [3.8, 4) is 0 Å². The SMILES string of the molecule is Nc1ccc(C(=O)NCCOCC(F)F)cc1Br. The standard InChI is InChI=1S/C11H13BrF2N2O2/c12-8-5-7(1-2-9(8)15)11(17)16-3-4-18-6-10(13)14/h1-2,5,10H,3-4,6,15H2,(H,16,17). The van der Waals surface area contributed by atoms with Crippen LogP contribution in [0.3, 0.4) is 0 Å². The first kappa shape index (κ1) is 14.8. The molecule has 4 nitrogen and oxygen atoms in total. The number of amides is 1. The number of nitrogen functional groups attached to an aromatic ring is 1. The molecule has 18 heavy (non-hydrogen) atoms. The Hall–Kier alpha value is -1.21. The van der Waals surface area contributed by atoms with Crippen LogP contribution in [0.4, 0.5) is 14.5 Å². The van der Waals surface area contributed by atoms with Crippen molar-refractivity contribution in [2.24, 2.45) is 0 Å². The van der Waals surface area contributed by atoms with E-state index >= 15 is 0 Å². The summed E-state index contributed by atoms with van der Waals surface area (Å²) < 4.78 is 28.7. The van der Waals surface area contributed by atoms with E-state index in [0.29, 0.717) is 15.7 Å². The molecule has 0 fully saturated rings. The minimum absolute atomic E-state index is 0.0478. The van der Waals surface area contributed by atoms with Crippen LogP contribution in [0.1, 0.15) is 10.4 Å². The number of benzene rings is 1. The fraction of sp³-hybridized carbons (Fsp3) is 0.364. The Bertz CT molecular complexity index is 416. The van der Waals surface area contributed by atoms with Crippen LogP contribution in [0.2, 0.25) is 0 Å². The number of ether oxygens (including phenoxy) is 1. The highest BCUT2D eigenvalue weighted by Crippen LogP contribution is 2.20. The lowest BCUT2D eigenvalue weighted by atomic mass is 10.2. The second-order valence-electron chi connectivity index (χ2n) is 3.46. The van der Waals surface area contributed by atoms with Crippen molar-refractivity contribution in [3.05, 3.63) is 28.2 Å². The van der Waals surface area contributed by atoms with E-state index in [-0.39, 0.29) is 19.1 Å². The zero-order valence-corrected chi connectivity index (χ0v) is 11.0. The average Bonchev–Trinajstić information content (AvgIpc) is 2.31. The van der Waals surface area contributed by atoms with Crippen LogP contribution in [0.25, 0.3) is 0 Å². The van der Waals surface area contributed by atoms with Crippen LogP contribution in [0, 0.1) is 0 Å². The molecule has 0 aromatic heterocycles. The van der Waals surface area contributed by atoms with Crippen molar-refractivity contribution >= 4 is 27.5 Å². The van der Waals surface area contributed by atoms with Gasteiger partial charge in [0.2, 0.25) is 0 Å². The van der Waals surface area contributed by atoms with Gasteiger partial charge in [0.05, 0.1) is 6.61 Å². The summed E-state index contributed by atoms with van der Waals surface area (Å²) in [6.07, 6.45) is -2.49. The van der Waals surface area contributed by atoms with E-state index in [1.807, 2.05) is 0 Å². The van der Waals surface area contributed by atoms with E-state index in [1.54, 1.807) is 18.2 Å². The molecular formula is C11H13BrF2N2O2. The first-order valence-electron chi connectivity index (χ1n) is 5.20. The third-order valence-corrected chi connectivity index (χ3v) is 2.73. The predicted molar refractivity (Wildman–Crippen MR) is 67.7 cm³/mol. The summed E-state index contributed by atoms with van der Waals surface area (Å²) in [6.45, 7) is -0.400. The van der Waals surface area contributed by atoms with E-state index < -0.39 is 13.0 Å². The van der Waals surface area contributed by atoms with Crippen molar-refractivity contribution in [3.63, 3.8) is 0 Å². The van der Waals surface area contributed by atoms with E-state index in [9.17, 15) is 13.6 Å². The number of anilines is 1. The molecule has 100 valence electrons. The lowest BCUT2D eigenvalue weighted by molar-refractivity contribution is 0.0188. The highest BCUT2D eigenvalue weighted by Gasteiger charge is 2.07. The third-order valence-electron chi connectivity index (χ3n) is 2.04. The Morgan fingerprint density at radius 2 is 2.22 bits per heavy atom. The Morgan fingerprint density at radius 3 is 2.83 bits per heavy atom. The van der Waals surface area contributed by atoms with E-state index in [1.165, 1.54) is 0 Å². The molecule has 0 saturated heterocycles. The molecule has 0 saturated carbocycles. The van der Waals surface area contributed by atoms with Crippen molar-refractivity contribution in [1.82, 2.24) is 5.32 Å². The first-order valence-corrected chi connectivity index (χ1v) is 5.99. The first-order chi connectivity index (χ1) is 8.50. The van der Waals surface area contributed by atoms with E-state index in [4.69, 9.17) is 5.73 Å². The Kier molecular flexibility index (Phi) is 6.00. The quantitative estimate of drug-likeness (QED) is 0.622. The van der Waals surface area contributed by atoms with Crippen molar-refractivity contribution in [2.75, 3.05) is 25.5 Å². The van der Waals surface area contributed by atoms with Crippen LogP contribution in [-0.4, -0.2) is 32.1 Å². The largest absolute Gasteiger partial charge is 0.398 e. The maximum absolute atomic E-state index is 11.7. The van der Waals surface area contributed by atoms with Gasteiger partial charge in [-0.15, -0.1) is 0 Å². The van der Waals surface area contributed by atoms with Crippen LogP contribution in [0.15, 0.2) is 22.7 Å². The number of carbonyl (C=O) groups excluding carboxylic acids is 1. The molecular weight excluding hydrogens is 310 g/mol.